The Morgan fingerprint density at radius 2 is 1.85 bits per heavy atom. The second-order valence-corrected chi connectivity index (χ2v) is 5.29. The van der Waals surface area contributed by atoms with Crippen LogP contribution in [0.5, 0.6) is 0 Å². The first-order chi connectivity index (χ1) is 9.52. The molecule has 1 aliphatic heterocycles. The highest BCUT2D eigenvalue weighted by atomic mass is 16.6. The molecule has 0 aliphatic carbocycles. The maximum absolute atomic E-state index is 11.8. The summed E-state index contributed by atoms with van der Waals surface area (Å²) in [5.74, 6) is -0.312. The molecule has 0 radical (unpaired) electrons. The molecular weight excluding hydrogens is 254 g/mol. The maximum Gasteiger partial charge on any atom is 0.331 e. The summed E-state index contributed by atoms with van der Waals surface area (Å²) in [5, 5.41) is 0. The van der Waals surface area contributed by atoms with Gasteiger partial charge < -0.3 is 15.2 Å². The lowest BCUT2D eigenvalue weighted by Crippen LogP contribution is -2.35. The van der Waals surface area contributed by atoms with Crippen molar-refractivity contribution in [2.45, 2.75) is 45.0 Å². The molecule has 0 aromatic heterocycles. The number of carbonyl (C=O) groups excluding carboxylic acids is 1. The van der Waals surface area contributed by atoms with E-state index in [4.69, 9.17) is 15.2 Å². The fourth-order valence-electron chi connectivity index (χ4n) is 2.42. The van der Waals surface area contributed by atoms with Gasteiger partial charge in [-0.3, -0.25) is 0 Å². The van der Waals surface area contributed by atoms with Crippen molar-refractivity contribution in [1.29, 1.82) is 0 Å². The highest BCUT2D eigenvalue weighted by Gasteiger charge is 2.26. The van der Waals surface area contributed by atoms with Crippen molar-refractivity contribution >= 4 is 17.7 Å². The summed E-state index contributed by atoms with van der Waals surface area (Å²) >= 11 is 0. The Bertz CT molecular complexity index is 471. The van der Waals surface area contributed by atoms with Gasteiger partial charge in [0.25, 0.3) is 0 Å². The first-order valence-electron chi connectivity index (χ1n) is 6.92. The van der Waals surface area contributed by atoms with Crippen LogP contribution in [0.25, 0.3) is 6.08 Å². The number of carbonyl (C=O) groups is 1. The third kappa shape index (κ3) is 4.38. The molecule has 1 aliphatic rings. The molecule has 1 aromatic rings. The molecule has 0 spiro atoms. The SMILES string of the molecule is CC1CC(OC(=O)/C=C/c2ccc(N)cc2)CC(C)O1. The summed E-state index contributed by atoms with van der Waals surface area (Å²) < 4.78 is 11.1. The van der Waals surface area contributed by atoms with Crippen molar-refractivity contribution in [3.63, 3.8) is 0 Å². The van der Waals surface area contributed by atoms with Gasteiger partial charge >= 0.3 is 5.97 Å². The molecule has 2 N–H and O–H groups in total. The van der Waals surface area contributed by atoms with Crippen molar-refractivity contribution in [1.82, 2.24) is 0 Å². The fourth-order valence-corrected chi connectivity index (χ4v) is 2.42. The van der Waals surface area contributed by atoms with E-state index >= 15 is 0 Å². The average molecular weight is 275 g/mol. The van der Waals surface area contributed by atoms with Crippen molar-refractivity contribution in [3.8, 4) is 0 Å². The first-order valence-corrected chi connectivity index (χ1v) is 6.92. The summed E-state index contributed by atoms with van der Waals surface area (Å²) in [6.45, 7) is 4.00. The summed E-state index contributed by atoms with van der Waals surface area (Å²) in [4.78, 5) is 11.8. The average Bonchev–Trinajstić information content (AvgIpc) is 2.37. The predicted octanol–water partition coefficient (Wildman–Crippen LogP) is 2.78. The van der Waals surface area contributed by atoms with Crippen LogP contribution in [0.3, 0.4) is 0 Å². The van der Waals surface area contributed by atoms with Crippen molar-refractivity contribution in [3.05, 3.63) is 35.9 Å². The molecule has 1 fully saturated rings. The van der Waals surface area contributed by atoms with Gasteiger partial charge in [0.05, 0.1) is 12.2 Å². The Morgan fingerprint density at radius 3 is 2.45 bits per heavy atom. The molecular formula is C16H21NO3. The van der Waals surface area contributed by atoms with E-state index in [-0.39, 0.29) is 24.3 Å². The number of nitrogens with two attached hydrogens (primary N) is 1. The maximum atomic E-state index is 11.8. The summed E-state index contributed by atoms with van der Waals surface area (Å²) in [7, 11) is 0. The molecule has 4 nitrogen and oxygen atoms in total. The second-order valence-electron chi connectivity index (χ2n) is 5.29. The zero-order valence-electron chi connectivity index (χ0n) is 11.9. The number of anilines is 1. The van der Waals surface area contributed by atoms with Crippen LogP contribution in [0.1, 0.15) is 32.3 Å². The zero-order valence-corrected chi connectivity index (χ0v) is 11.9. The van der Waals surface area contributed by atoms with Crippen LogP contribution in [-0.4, -0.2) is 24.3 Å². The minimum atomic E-state index is -0.312. The van der Waals surface area contributed by atoms with Gasteiger partial charge in [-0.25, -0.2) is 4.79 Å². The fraction of sp³-hybridized carbons (Fsp3) is 0.438. The zero-order chi connectivity index (χ0) is 14.5. The lowest BCUT2D eigenvalue weighted by Gasteiger charge is -2.31. The predicted molar refractivity (Wildman–Crippen MR) is 79.0 cm³/mol. The van der Waals surface area contributed by atoms with Gasteiger partial charge in [0.15, 0.2) is 0 Å². The number of nitrogen functional groups attached to an aromatic ring is 1. The minimum Gasteiger partial charge on any atom is -0.459 e. The van der Waals surface area contributed by atoms with E-state index in [0.717, 1.165) is 18.4 Å². The number of ether oxygens (including phenoxy) is 2. The van der Waals surface area contributed by atoms with Crippen LogP contribution in [0.4, 0.5) is 5.69 Å². The van der Waals surface area contributed by atoms with Crippen LogP contribution in [0.2, 0.25) is 0 Å². The van der Waals surface area contributed by atoms with E-state index in [9.17, 15) is 4.79 Å². The van der Waals surface area contributed by atoms with Gasteiger partial charge in [-0.05, 0) is 37.6 Å². The lowest BCUT2D eigenvalue weighted by atomic mass is 10.0. The normalized spacial score (nSPS) is 26.6. The van der Waals surface area contributed by atoms with E-state index in [2.05, 4.69) is 0 Å². The molecule has 2 atom stereocenters. The molecule has 1 heterocycles. The molecule has 0 saturated carbocycles. The van der Waals surface area contributed by atoms with Crippen molar-refractivity contribution < 1.29 is 14.3 Å². The first kappa shape index (κ1) is 14.6. The van der Waals surface area contributed by atoms with Crippen LogP contribution < -0.4 is 5.73 Å². The molecule has 2 rings (SSSR count). The third-order valence-corrected chi connectivity index (χ3v) is 3.29. The Balaban J connectivity index is 1.87. The standard InChI is InChI=1S/C16H21NO3/c1-11-9-15(10-12(2)19-11)20-16(18)8-5-13-3-6-14(17)7-4-13/h3-8,11-12,15H,9-10,17H2,1-2H3/b8-5+. The highest BCUT2D eigenvalue weighted by molar-refractivity contribution is 5.87. The number of hydrogen-bond acceptors (Lipinski definition) is 4. The van der Waals surface area contributed by atoms with Crippen molar-refractivity contribution in [2.24, 2.45) is 0 Å². The van der Waals surface area contributed by atoms with E-state index in [1.165, 1.54) is 6.08 Å². The van der Waals surface area contributed by atoms with Crippen molar-refractivity contribution in [2.75, 3.05) is 5.73 Å². The van der Waals surface area contributed by atoms with Gasteiger partial charge in [0, 0.05) is 24.6 Å². The molecule has 0 amide bonds. The number of rotatable bonds is 3. The minimum absolute atomic E-state index is 0.0580. The summed E-state index contributed by atoms with van der Waals surface area (Å²) in [6.07, 6.45) is 4.91. The Labute approximate surface area is 119 Å². The van der Waals surface area contributed by atoms with Gasteiger partial charge in [-0.2, -0.15) is 0 Å². The molecule has 2 unspecified atom stereocenters. The molecule has 1 saturated heterocycles. The Morgan fingerprint density at radius 1 is 1.25 bits per heavy atom. The number of hydrogen-bond donors (Lipinski definition) is 1. The largest absolute Gasteiger partial charge is 0.459 e. The van der Waals surface area contributed by atoms with Gasteiger partial charge in [-0.1, -0.05) is 12.1 Å². The number of benzene rings is 1. The van der Waals surface area contributed by atoms with Gasteiger partial charge in [0.1, 0.15) is 6.10 Å². The van der Waals surface area contributed by atoms with Gasteiger partial charge in [-0.15, -0.1) is 0 Å². The monoisotopic (exact) mass is 275 g/mol. The Hall–Kier alpha value is -1.81. The van der Waals surface area contributed by atoms with E-state index < -0.39 is 0 Å². The summed E-state index contributed by atoms with van der Waals surface area (Å²) in [5.41, 5.74) is 7.23. The van der Waals surface area contributed by atoms with E-state index in [1.54, 1.807) is 18.2 Å². The number of esters is 1. The quantitative estimate of drug-likeness (QED) is 0.523. The second kappa shape index (κ2) is 6.57. The molecule has 20 heavy (non-hydrogen) atoms. The molecule has 4 heteroatoms. The molecule has 0 bridgehead atoms. The smallest absolute Gasteiger partial charge is 0.331 e. The van der Waals surface area contributed by atoms with E-state index in [0.29, 0.717) is 5.69 Å². The van der Waals surface area contributed by atoms with Crippen LogP contribution in [0, 0.1) is 0 Å². The van der Waals surface area contributed by atoms with Crippen LogP contribution >= 0.6 is 0 Å². The van der Waals surface area contributed by atoms with Gasteiger partial charge in [0.2, 0.25) is 0 Å². The topological polar surface area (TPSA) is 61.5 Å². The third-order valence-electron chi connectivity index (χ3n) is 3.29. The molecule has 1 aromatic carbocycles. The Kier molecular flexibility index (Phi) is 4.79. The highest BCUT2D eigenvalue weighted by Crippen LogP contribution is 2.21. The van der Waals surface area contributed by atoms with E-state index in [1.807, 2.05) is 26.0 Å². The van der Waals surface area contributed by atoms with Crippen LogP contribution in [-0.2, 0) is 14.3 Å². The molecule has 108 valence electrons. The lowest BCUT2D eigenvalue weighted by molar-refractivity contribution is -0.153. The van der Waals surface area contributed by atoms with Crippen LogP contribution in [0.15, 0.2) is 30.3 Å². The summed E-state index contributed by atoms with van der Waals surface area (Å²) in [6, 6.07) is 7.31.